The first-order chi connectivity index (χ1) is 11.2. The van der Waals surface area contributed by atoms with Crippen LogP contribution >= 0.6 is 0 Å². The molecule has 0 spiro atoms. The second-order valence-electron chi connectivity index (χ2n) is 6.64. The Labute approximate surface area is 137 Å². The Morgan fingerprint density at radius 2 is 1.74 bits per heavy atom. The summed E-state index contributed by atoms with van der Waals surface area (Å²) in [5, 5.41) is 0. The third-order valence-corrected chi connectivity index (χ3v) is 4.87. The van der Waals surface area contributed by atoms with Gasteiger partial charge in [-0.25, -0.2) is 15.1 Å². The zero-order valence-corrected chi connectivity index (χ0v) is 13.7. The van der Waals surface area contributed by atoms with Gasteiger partial charge in [-0.15, -0.1) is 0 Å². The molecule has 130 valence electrons. The number of ether oxygens (including phenoxy) is 1. The number of carbonyl (C=O) groups excluding carboxylic acids is 2. The van der Waals surface area contributed by atoms with Crippen LogP contribution in [0, 0.1) is 5.92 Å². The molecule has 1 N–H and O–H groups in total. The third-order valence-electron chi connectivity index (χ3n) is 4.87. The molecule has 7 heteroatoms. The fourth-order valence-corrected chi connectivity index (χ4v) is 3.48. The average Bonchev–Trinajstić information content (AvgIpc) is 3.14. The minimum absolute atomic E-state index is 0.0801. The van der Waals surface area contributed by atoms with Crippen molar-refractivity contribution < 1.29 is 19.2 Å². The van der Waals surface area contributed by atoms with E-state index in [2.05, 4.69) is 5.48 Å². The molecule has 0 aromatic heterocycles. The van der Waals surface area contributed by atoms with Crippen molar-refractivity contribution in [3.05, 3.63) is 0 Å². The van der Waals surface area contributed by atoms with Gasteiger partial charge in [0.05, 0.1) is 5.92 Å². The van der Waals surface area contributed by atoms with Crippen LogP contribution < -0.4 is 5.48 Å². The molecule has 2 atom stereocenters. The van der Waals surface area contributed by atoms with Gasteiger partial charge in [0.15, 0.2) is 6.29 Å². The fraction of sp³-hybridized carbons (Fsp3) is 0.875. The Kier molecular flexibility index (Phi) is 5.72. The zero-order chi connectivity index (χ0) is 16.1. The zero-order valence-electron chi connectivity index (χ0n) is 13.7. The lowest BCUT2D eigenvalue weighted by Gasteiger charge is -2.34. The van der Waals surface area contributed by atoms with E-state index in [0.717, 1.165) is 64.6 Å². The maximum Gasteiger partial charge on any atom is 0.320 e. The van der Waals surface area contributed by atoms with Crippen molar-refractivity contribution in [3.8, 4) is 0 Å². The van der Waals surface area contributed by atoms with Crippen LogP contribution in [-0.4, -0.2) is 60.8 Å². The number of likely N-dealkylation sites (tertiary alicyclic amines) is 2. The predicted octanol–water partition coefficient (Wildman–Crippen LogP) is 1.49. The van der Waals surface area contributed by atoms with Crippen LogP contribution in [-0.2, 0) is 14.4 Å². The average molecular weight is 325 g/mol. The third kappa shape index (κ3) is 4.35. The molecule has 0 aromatic carbocycles. The summed E-state index contributed by atoms with van der Waals surface area (Å²) in [6.07, 6.45) is 6.40. The monoisotopic (exact) mass is 325 g/mol. The minimum atomic E-state index is -0.335. The summed E-state index contributed by atoms with van der Waals surface area (Å²) in [5.74, 6) is -0.336. The molecule has 3 saturated heterocycles. The van der Waals surface area contributed by atoms with Crippen LogP contribution in [0.1, 0.15) is 44.9 Å². The van der Waals surface area contributed by atoms with Crippen LogP contribution in [0.2, 0.25) is 0 Å². The van der Waals surface area contributed by atoms with Gasteiger partial charge in [-0.2, -0.15) is 0 Å². The van der Waals surface area contributed by atoms with Gasteiger partial charge in [0.25, 0.3) is 0 Å². The summed E-state index contributed by atoms with van der Waals surface area (Å²) < 4.78 is 5.43. The standard InChI is InChI=1S/C16H27N3O4/c20-15(17-23-14-7-1-4-11-22-14)13-6-5-10-19(12-13)16(21)18-8-2-3-9-18/h13-14H,1-12H2,(H,17,20)/t13-,14-/m0/s1. The number of piperidine rings is 1. The maximum absolute atomic E-state index is 12.4. The van der Waals surface area contributed by atoms with E-state index < -0.39 is 0 Å². The summed E-state index contributed by atoms with van der Waals surface area (Å²) in [6, 6.07) is 0.0801. The molecule has 3 amide bonds. The Morgan fingerprint density at radius 1 is 0.957 bits per heavy atom. The summed E-state index contributed by atoms with van der Waals surface area (Å²) in [5.41, 5.74) is 2.54. The van der Waals surface area contributed by atoms with E-state index in [-0.39, 0.29) is 24.1 Å². The van der Waals surface area contributed by atoms with E-state index >= 15 is 0 Å². The van der Waals surface area contributed by atoms with Gasteiger partial charge < -0.3 is 14.5 Å². The molecule has 3 aliphatic rings. The number of nitrogens with zero attached hydrogens (tertiary/aromatic N) is 2. The molecular formula is C16H27N3O4. The van der Waals surface area contributed by atoms with Gasteiger partial charge >= 0.3 is 6.03 Å². The topological polar surface area (TPSA) is 71.1 Å². The molecule has 3 aliphatic heterocycles. The first kappa shape index (κ1) is 16.5. The molecule has 23 heavy (non-hydrogen) atoms. The summed E-state index contributed by atoms with van der Waals surface area (Å²) in [6.45, 7) is 3.59. The normalized spacial score (nSPS) is 28.7. The van der Waals surface area contributed by atoms with E-state index in [9.17, 15) is 9.59 Å². The quantitative estimate of drug-likeness (QED) is 0.798. The number of nitrogens with one attached hydrogen (secondary N) is 1. The Hall–Kier alpha value is -1.34. The summed E-state index contributed by atoms with van der Waals surface area (Å²) in [4.78, 5) is 33.8. The van der Waals surface area contributed by atoms with Crippen LogP contribution in [0.3, 0.4) is 0 Å². The molecule has 0 saturated carbocycles. The number of hydrogen-bond donors (Lipinski definition) is 1. The molecule has 3 fully saturated rings. The van der Waals surface area contributed by atoms with Crippen LogP contribution in [0.15, 0.2) is 0 Å². The molecular weight excluding hydrogens is 298 g/mol. The number of urea groups is 1. The lowest BCUT2D eigenvalue weighted by molar-refractivity contribution is -0.202. The van der Waals surface area contributed by atoms with E-state index in [4.69, 9.17) is 9.57 Å². The highest BCUT2D eigenvalue weighted by molar-refractivity contribution is 5.80. The van der Waals surface area contributed by atoms with Gasteiger partial charge in [0, 0.05) is 39.2 Å². The lowest BCUT2D eigenvalue weighted by Crippen LogP contribution is -2.50. The Morgan fingerprint density at radius 3 is 2.48 bits per heavy atom. The predicted molar refractivity (Wildman–Crippen MR) is 83.3 cm³/mol. The van der Waals surface area contributed by atoms with Crippen LogP contribution in [0.25, 0.3) is 0 Å². The smallest absolute Gasteiger partial charge is 0.320 e. The lowest BCUT2D eigenvalue weighted by atomic mass is 9.98. The summed E-state index contributed by atoms with van der Waals surface area (Å²) in [7, 11) is 0. The second-order valence-corrected chi connectivity index (χ2v) is 6.64. The molecule has 3 rings (SSSR count). The molecule has 0 aliphatic carbocycles. The molecule has 0 aromatic rings. The molecule has 0 radical (unpaired) electrons. The number of amides is 3. The van der Waals surface area contributed by atoms with Gasteiger partial charge in [-0.3, -0.25) is 4.79 Å². The van der Waals surface area contributed by atoms with E-state index in [1.165, 1.54) is 0 Å². The van der Waals surface area contributed by atoms with Crippen LogP contribution in [0.4, 0.5) is 4.79 Å². The number of hydroxylamine groups is 1. The molecule has 3 heterocycles. The first-order valence-corrected chi connectivity index (χ1v) is 8.85. The van der Waals surface area contributed by atoms with Gasteiger partial charge in [-0.05, 0) is 38.5 Å². The highest BCUT2D eigenvalue weighted by Gasteiger charge is 2.32. The number of carbonyl (C=O) groups is 2. The highest BCUT2D eigenvalue weighted by Crippen LogP contribution is 2.20. The van der Waals surface area contributed by atoms with E-state index in [0.29, 0.717) is 13.2 Å². The maximum atomic E-state index is 12.4. The number of hydrogen-bond acceptors (Lipinski definition) is 4. The van der Waals surface area contributed by atoms with Crippen molar-refractivity contribution in [2.45, 2.75) is 51.2 Å². The van der Waals surface area contributed by atoms with Crippen molar-refractivity contribution >= 4 is 11.9 Å². The minimum Gasteiger partial charge on any atom is -0.350 e. The highest BCUT2D eigenvalue weighted by atomic mass is 16.8. The van der Waals surface area contributed by atoms with Gasteiger partial charge in [-0.1, -0.05) is 0 Å². The first-order valence-electron chi connectivity index (χ1n) is 8.85. The van der Waals surface area contributed by atoms with Crippen molar-refractivity contribution in [1.82, 2.24) is 15.3 Å². The van der Waals surface area contributed by atoms with Crippen molar-refractivity contribution in [2.24, 2.45) is 5.92 Å². The molecule has 0 unspecified atom stereocenters. The fourth-order valence-electron chi connectivity index (χ4n) is 3.48. The SMILES string of the molecule is O=C(NO[C@H]1CCCCO1)[C@H]1CCCN(C(=O)N2CCCC2)C1. The van der Waals surface area contributed by atoms with Crippen molar-refractivity contribution in [3.63, 3.8) is 0 Å². The van der Waals surface area contributed by atoms with Crippen molar-refractivity contribution in [1.29, 1.82) is 0 Å². The summed E-state index contributed by atoms with van der Waals surface area (Å²) >= 11 is 0. The van der Waals surface area contributed by atoms with Gasteiger partial charge in [0.1, 0.15) is 0 Å². The van der Waals surface area contributed by atoms with Crippen LogP contribution in [0.5, 0.6) is 0 Å². The van der Waals surface area contributed by atoms with E-state index in [1.54, 1.807) is 0 Å². The van der Waals surface area contributed by atoms with Crippen molar-refractivity contribution in [2.75, 3.05) is 32.8 Å². The Bertz CT molecular complexity index is 420. The Balaban J connectivity index is 1.45. The largest absolute Gasteiger partial charge is 0.350 e. The molecule has 7 nitrogen and oxygen atoms in total. The molecule has 0 bridgehead atoms. The van der Waals surface area contributed by atoms with E-state index in [1.807, 2.05) is 9.80 Å². The number of rotatable bonds is 3. The second kappa shape index (κ2) is 7.97. The van der Waals surface area contributed by atoms with Gasteiger partial charge in [0.2, 0.25) is 5.91 Å².